The molecule has 4 aliphatic rings. The Labute approximate surface area is 198 Å². The molecule has 10 heteroatoms. The predicted molar refractivity (Wildman–Crippen MR) is 121 cm³/mol. The molecule has 4 heterocycles. The van der Waals surface area contributed by atoms with Gasteiger partial charge in [-0.2, -0.15) is 0 Å². The first-order valence-corrected chi connectivity index (χ1v) is 11.4. The lowest BCUT2D eigenvalue weighted by atomic mass is 9.75. The molecule has 0 aliphatic carbocycles. The Morgan fingerprint density at radius 2 is 1.91 bits per heavy atom. The maximum atomic E-state index is 13.9. The maximum absolute atomic E-state index is 13.9. The van der Waals surface area contributed by atoms with Gasteiger partial charge in [-0.15, -0.1) is 0 Å². The highest BCUT2D eigenvalue weighted by Gasteiger charge is 2.74. The molecule has 6 rings (SSSR count). The Kier molecular flexibility index (Phi) is 4.25. The second-order valence-corrected chi connectivity index (χ2v) is 9.71. The van der Waals surface area contributed by atoms with Crippen LogP contribution in [0.2, 0.25) is 10.0 Å². The van der Waals surface area contributed by atoms with E-state index < -0.39 is 29.2 Å². The predicted octanol–water partition coefficient (Wildman–Crippen LogP) is 2.52. The van der Waals surface area contributed by atoms with Gasteiger partial charge >= 0.3 is 0 Å². The molecule has 0 saturated carbocycles. The molecule has 2 aromatic carbocycles. The van der Waals surface area contributed by atoms with Crippen molar-refractivity contribution in [2.24, 2.45) is 17.6 Å². The summed E-state index contributed by atoms with van der Waals surface area (Å²) >= 11 is 12.7. The lowest BCUT2D eigenvalue weighted by Crippen LogP contribution is -2.54. The number of primary amides is 1. The Balaban J connectivity index is 1.55. The quantitative estimate of drug-likeness (QED) is 0.635. The van der Waals surface area contributed by atoms with Crippen LogP contribution in [0.15, 0.2) is 36.4 Å². The number of hydrogen-bond acceptors (Lipinski definition) is 5. The number of nitrogens with two attached hydrogens (primary N) is 1. The van der Waals surface area contributed by atoms with Gasteiger partial charge < -0.3 is 11.1 Å². The van der Waals surface area contributed by atoms with E-state index in [1.54, 1.807) is 24.3 Å². The molecule has 4 atom stereocenters. The van der Waals surface area contributed by atoms with Crippen LogP contribution in [0.25, 0.3) is 0 Å². The SMILES string of the molecule is NC(=O)c1cccc(N2C(=O)C3C4CCCN4C4(C(=O)Nc5c(Cl)cc(Cl)cc54)C3C2=O)c1. The fraction of sp³-hybridized carbons (Fsp3) is 0.304. The normalized spacial score (nSPS) is 30.1. The lowest BCUT2D eigenvalue weighted by molar-refractivity contribution is -0.135. The van der Waals surface area contributed by atoms with E-state index in [0.717, 1.165) is 11.3 Å². The highest BCUT2D eigenvalue weighted by molar-refractivity contribution is 6.38. The Hall–Kier alpha value is -2.94. The molecule has 3 saturated heterocycles. The van der Waals surface area contributed by atoms with Crippen LogP contribution in [0.4, 0.5) is 11.4 Å². The molecule has 33 heavy (non-hydrogen) atoms. The van der Waals surface area contributed by atoms with E-state index in [2.05, 4.69) is 5.32 Å². The topological polar surface area (TPSA) is 113 Å². The first-order valence-electron chi connectivity index (χ1n) is 10.6. The number of nitrogens with zero attached hydrogens (tertiary/aromatic N) is 2. The van der Waals surface area contributed by atoms with Crippen molar-refractivity contribution in [3.63, 3.8) is 0 Å². The zero-order valence-electron chi connectivity index (χ0n) is 17.2. The van der Waals surface area contributed by atoms with Gasteiger partial charge in [-0.25, -0.2) is 4.90 Å². The highest BCUT2D eigenvalue weighted by Crippen LogP contribution is 2.61. The van der Waals surface area contributed by atoms with Gasteiger partial charge in [0, 0.05) is 22.2 Å². The number of hydrogen-bond donors (Lipinski definition) is 2. The average molecular weight is 485 g/mol. The second-order valence-electron chi connectivity index (χ2n) is 8.86. The number of anilines is 2. The van der Waals surface area contributed by atoms with E-state index in [-0.39, 0.29) is 34.1 Å². The summed E-state index contributed by atoms with van der Waals surface area (Å²) in [4.78, 5) is 56.0. The summed E-state index contributed by atoms with van der Waals surface area (Å²) < 4.78 is 0. The number of imide groups is 1. The maximum Gasteiger partial charge on any atom is 0.250 e. The zero-order chi connectivity index (χ0) is 23.2. The van der Waals surface area contributed by atoms with Gasteiger partial charge in [-0.05, 0) is 49.7 Å². The fourth-order valence-corrected chi connectivity index (χ4v) is 6.82. The van der Waals surface area contributed by atoms with Gasteiger partial charge in [0.25, 0.3) is 5.91 Å². The molecule has 1 spiro atoms. The van der Waals surface area contributed by atoms with Crippen LogP contribution in [0.1, 0.15) is 28.8 Å². The number of fused-ring (bicyclic) bond motifs is 7. The molecule has 4 amide bonds. The monoisotopic (exact) mass is 484 g/mol. The highest BCUT2D eigenvalue weighted by atomic mass is 35.5. The smallest absolute Gasteiger partial charge is 0.250 e. The van der Waals surface area contributed by atoms with Crippen molar-refractivity contribution in [2.75, 3.05) is 16.8 Å². The van der Waals surface area contributed by atoms with Crippen LogP contribution in [0.5, 0.6) is 0 Å². The van der Waals surface area contributed by atoms with Gasteiger partial charge in [-0.3, -0.25) is 24.1 Å². The minimum Gasteiger partial charge on any atom is -0.366 e. The molecule has 4 aliphatic heterocycles. The number of rotatable bonds is 2. The van der Waals surface area contributed by atoms with Gasteiger partial charge in [0.1, 0.15) is 5.54 Å². The van der Waals surface area contributed by atoms with Crippen molar-refractivity contribution in [1.29, 1.82) is 0 Å². The van der Waals surface area contributed by atoms with Crippen LogP contribution >= 0.6 is 23.2 Å². The van der Waals surface area contributed by atoms with E-state index in [0.29, 0.717) is 29.2 Å². The number of nitrogens with one attached hydrogen (secondary N) is 1. The minimum absolute atomic E-state index is 0.185. The van der Waals surface area contributed by atoms with Gasteiger partial charge in [0.15, 0.2) is 0 Å². The summed E-state index contributed by atoms with van der Waals surface area (Å²) in [6.45, 7) is 0.576. The molecular weight excluding hydrogens is 467 g/mol. The van der Waals surface area contributed by atoms with E-state index in [4.69, 9.17) is 28.9 Å². The van der Waals surface area contributed by atoms with Gasteiger partial charge in [0.05, 0.1) is 28.2 Å². The van der Waals surface area contributed by atoms with Crippen molar-refractivity contribution < 1.29 is 19.2 Å². The summed E-state index contributed by atoms with van der Waals surface area (Å²) in [5.74, 6) is -3.55. The number of benzene rings is 2. The fourth-order valence-electron chi connectivity index (χ4n) is 6.28. The standard InChI is InChI=1S/C23H18Cl2N4O4/c24-11-8-13-18(14(25)9-11)27-22(33)23(13)17-16(15-5-2-6-28(15)23)20(31)29(21(17)32)12-4-1-3-10(7-12)19(26)30/h1,3-4,7-9,15-17H,2,5-6H2,(H2,26,30)(H,27,33). The van der Waals surface area contributed by atoms with Crippen molar-refractivity contribution in [3.05, 3.63) is 57.6 Å². The third kappa shape index (κ3) is 2.46. The molecule has 4 unspecified atom stereocenters. The summed E-state index contributed by atoms with van der Waals surface area (Å²) in [5.41, 5.74) is 5.41. The van der Waals surface area contributed by atoms with E-state index in [1.165, 1.54) is 12.1 Å². The summed E-state index contributed by atoms with van der Waals surface area (Å²) in [5, 5.41) is 3.48. The average Bonchev–Trinajstić information content (AvgIpc) is 3.47. The Morgan fingerprint density at radius 3 is 2.67 bits per heavy atom. The Morgan fingerprint density at radius 1 is 1.12 bits per heavy atom. The van der Waals surface area contributed by atoms with Crippen LogP contribution in [0.3, 0.4) is 0 Å². The van der Waals surface area contributed by atoms with Crippen molar-refractivity contribution in [3.8, 4) is 0 Å². The van der Waals surface area contributed by atoms with Crippen LogP contribution < -0.4 is 16.0 Å². The third-order valence-electron chi connectivity index (χ3n) is 7.41. The van der Waals surface area contributed by atoms with Gasteiger partial charge in [0.2, 0.25) is 17.7 Å². The lowest BCUT2D eigenvalue weighted by Gasteiger charge is -2.36. The van der Waals surface area contributed by atoms with Crippen LogP contribution in [0, 0.1) is 11.8 Å². The number of carbonyl (C=O) groups is 4. The van der Waals surface area contributed by atoms with Crippen LogP contribution in [-0.4, -0.2) is 41.1 Å². The van der Waals surface area contributed by atoms with E-state index >= 15 is 0 Å². The molecule has 3 N–H and O–H groups in total. The minimum atomic E-state index is -1.38. The first kappa shape index (κ1) is 20.7. The van der Waals surface area contributed by atoms with Crippen molar-refractivity contribution in [2.45, 2.75) is 24.4 Å². The number of amides is 4. The molecule has 3 fully saturated rings. The van der Waals surface area contributed by atoms with E-state index in [1.807, 2.05) is 4.90 Å². The molecular formula is C23H18Cl2N4O4. The molecule has 2 aromatic rings. The molecule has 0 aromatic heterocycles. The number of halogens is 2. The van der Waals surface area contributed by atoms with Crippen molar-refractivity contribution >= 4 is 58.2 Å². The molecule has 0 radical (unpaired) electrons. The van der Waals surface area contributed by atoms with E-state index in [9.17, 15) is 19.2 Å². The molecule has 0 bridgehead atoms. The first-order chi connectivity index (χ1) is 15.8. The van der Waals surface area contributed by atoms with Crippen molar-refractivity contribution in [1.82, 2.24) is 4.90 Å². The third-order valence-corrected chi connectivity index (χ3v) is 7.92. The largest absolute Gasteiger partial charge is 0.366 e. The second kappa shape index (κ2) is 6.79. The zero-order valence-corrected chi connectivity index (χ0v) is 18.7. The summed E-state index contributed by atoms with van der Waals surface area (Å²) in [6.07, 6.45) is 1.49. The van der Waals surface area contributed by atoms with Gasteiger partial charge in [-0.1, -0.05) is 29.3 Å². The summed E-state index contributed by atoms with van der Waals surface area (Å²) in [6, 6.07) is 9.02. The molecule has 168 valence electrons. The summed E-state index contributed by atoms with van der Waals surface area (Å²) in [7, 11) is 0. The molecule has 8 nitrogen and oxygen atoms in total. The number of carbonyl (C=O) groups excluding carboxylic acids is 4. The van der Waals surface area contributed by atoms with Crippen LogP contribution in [-0.2, 0) is 19.9 Å². The Bertz CT molecular complexity index is 1300.